The number of rotatable bonds is 5. The summed E-state index contributed by atoms with van der Waals surface area (Å²) >= 11 is 5.44. The highest BCUT2D eigenvalue weighted by atomic mass is 35.5. The second kappa shape index (κ2) is 6.12. The van der Waals surface area contributed by atoms with Crippen LogP contribution in [0.2, 0.25) is 0 Å². The molecule has 0 saturated carbocycles. The van der Waals surface area contributed by atoms with Gasteiger partial charge in [-0.25, -0.2) is 0 Å². The van der Waals surface area contributed by atoms with Crippen molar-refractivity contribution in [3.63, 3.8) is 0 Å². The molecule has 0 atom stereocenters. The van der Waals surface area contributed by atoms with Gasteiger partial charge in [0, 0.05) is 11.9 Å². The van der Waals surface area contributed by atoms with Gasteiger partial charge >= 0.3 is 5.69 Å². The van der Waals surface area contributed by atoms with Crippen molar-refractivity contribution in [2.75, 3.05) is 12.5 Å². The molecule has 0 aliphatic rings. The molecule has 0 heterocycles. The van der Waals surface area contributed by atoms with Crippen LogP contribution in [0.3, 0.4) is 0 Å². The first kappa shape index (κ1) is 12.5. The molecule has 0 aliphatic heterocycles. The van der Waals surface area contributed by atoms with Crippen LogP contribution < -0.4 is 4.74 Å². The van der Waals surface area contributed by atoms with E-state index in [2.05, 4.69) is 0 Å². The van der Waals surface area contributed by atoms with Gasteiger partial charge in [0.15, 0.2) is 5.75 Å². The van der Waals surface area contributed by atoms with Crippen LogP contribution in [-0.4, -0.2) is 17.4 Å². The van der Waals surface area contributed by atoms with E-state index in [1.807, 2.05) is 0 Å². The molecule has 0 saturated heterocycles. The highest BCUT2D eigenvalue weighted by Crippen LogP contribution is 2.27. The van der Waals surface area contributed by atoms with Crippen molar-refractivity contribution in [2.24, 2.45) is 0 Å². The lowest BCUT2D eigenvalue weighted by molar-refractivity contribution is -0.385. The number of nitrogens with zero attached hydrogens (tertiary/aromatic N) is 1. The fourth-order valence-electron chi connectivity index (χ4n) is 1.16. The van der Waals surface area contributed by atoms with Crippen molar-refractivity contribution >= 4 is 17.3 Å². The number of allylic oxidation sites excluding steroid dienone is 1. The zero-order valence-electron chi connectivity index (χ0n) is 8.85. The Kier molecular flexibility index (Phi) is 4.79. The van der Waals surface area contributed by atoms with Crippen LogP contribution in [0.15, 0.2) is 30.4 Å². The second-order valence-electron chi connectivity index (χ2n) is 3.17. The molecule has 0 N–H and O–H groups in total. The summed E-state index contributed by atoms with van der Waals surface area (Å²) in [4.78, 5) is 10.3. The van der Waals surface area contributed by atoms with Crippen LogP contribution in [-0.2, 0) is 0 Å². The first-order valence-electron chi connectivity index (χ1n) is 4.74. The smallest absolute Gasteiger partial charge is 0.311 e. The van der Waals surface area contributed by atoms with Gasteiger partial charge in [0.1, 0.15) is 6.61 Å². The van der Waals surface area contributed by atoms with Crippen molar-refractivity contribution in [2.45, 2.75) is 6.92 Å². The topological polar surface area (TPSA) is 52.4 Å². The van der Waals surface area contributed by atoms with Crippen LogP contribution >= 0.6 is 11.6 Å². The Morgan fingerprint density at radius 1 is 1.50 bits per heavy atom. The molecule has 0 unspecified atom stereocenters. The second-order valence-corrected chi connectivity index (χ2v) is 3.47. The highest BCUT2D eigenvalue weighted by Gasteiger charge is 2.14. The van der Waals surface area contributed by atoms with E-state index in [0.29, 0.717) is 5.88 Å². The van der Waals surface area contributed by atoms with Crippen LogP contribution in [0.25, 0.3) is 0 Å². The summed E-state index contributed by atoms with van der Waals surface area (Å²) in [6.07, 6.45) is 3.44. The summed E-state index contributed by atoms with van der Waals surface area (Å²) in [5.41, 5.74) is 0.814. The number of nitro groups is 1. The molecule has 0 aliphatic carbocycles. The minimum atomic E-state index is -0.451. The Bertz CT molecular complexity index is 404. The third kappa shape index (κ3) is 3.55. The molecular weight excluding hydrogens is 230 g/mol. The van der Waals surface area contributed by atoms with Gasteiger partial charge in [-0.2, -0.15) is 0 Å². The summed E-state index contributed by atoms with van der Waals surface area (Å²) in [5, 5.41) is 10.7. The van der Waals surface area contributed by atoms with E-state index in [1.54, 1.807) is 31.2 Å². The molecule has 0 fully saturated rings. The standard InChI is InChI=1S/C11H12ClNO3/c1-9-4-5-11(10(8-9)13(14)15)16-7-3-2-6-12/h2-5,8H,6-7H2,1H3. The fraction of sp³-hybridized carbons (Fsp3) is 0.273. The number of hydrogen-bond donors (Lipinski definition) is 0. The molecule has 0 amide bonds. The van der Waals surface area contributed by atoms with Crippen molar-refractivity contribution in [1.82, 2.24) is 0 Å². The molecular formula is C11H12ClNO3. The maximum atomic E-state index is 10.7. The Balaban J connectivity index is 2.78. The number of aryl methyl sites for hydroxylation is 1. The third-order valence-electron chi connectivity index (χ3n) is 1.90. The lowest BCUT2D eigenvalue weighted by atomic mass is 10.2. The van der Waals surface area contributed by atoms with Crippen molar-refractivity contribution in [3.05, 3.63) is 46.0 Å². The summed E-state index contributed by atoms with van der Waals surface area (Å²) in [7, 11) is 0. The molecule has 1 aromatic rings. The largest absolute Gasteiger partial charge is 0.483 e. The molecule has 0 radical (unpaired) electrons. The molecule has 1 rings (SSSR count). The predicted molar refractivity (Wildman–Crippen MR) is 63.2 cm³/mol. The Labute approximate surface area is 98.6 Å². The molecule has 1 aromatic carbocycles. The van der Waals surface area contributed by atoms with Crippen molar-refractivity contribution in [1.29, 1.82) is 0 Å². The van der Waals surface area contributed by atoms with Crippen LogP contribution in [0, 0.1) is 17.0 Å². The summed E-state index contributed by atoms with van der Waals surface area (Å²) < 4.78 is 5.27. The van der Waals surface area contributed by atoms with Gasteiger partial charge in [0.2, 0.25) is 0 Å². The first-order valence-corrected chi connectivity index (χ1v) is 5.27. The van der Waals surface area contributed by atoms with E-state index in [1.165, 1.54) is 6.07 Å². The predicted octanol–water partition coefficient (Wildman–Crippen LogP) is 3.08. The van der Waals surface area contributed by atoms with Gasteiger partial charge < -0.3 is 4.74 Å². The SMILES string of the molecule is Cc1ccc(OCC=CCCl)c([N+](=O)[O-])c1. The quantitative estimate of drug-likeness (QED) is 0.345. The summed E-state index contributed by atoms with van der Waals surface area (Å²) in [5.74, 6) is 0.675. The molecule has 0 spiro atoms. The van der Waals surface area contributed by atoms with Gasteiger partial charge in [0.05, 0.1) is 4.92 Å². The van der Waals surface area contributed by atoms with E-state index in [4.69, 9.17) is 16.3 Å². The zero-order valence-corrected chi connectivity index (χ0v) is 9.61. The lowest BCUT2D eigenvalue weighted by Crippen LogP contribution is -1.98. The molecule has 16 heavy (non-hydrogen) atoms. The Morgan fingerprint density at radius 2 is 2.25 bits per heavy atom. The van der Waals surface area contributed by atoms with Crippen LogP contribution in [0.1, 0.15) is 5.56 Å². The highest BCUT2D eigenvalue weighted by molar-refractivity contribution is 6.18. The monoisotopic (exact) mass is 241 g/mol. The van der Waals surface area contributed by atoms with Crippen molar-refractivity contribution in [3.8, 4) is 5.75 Å². The molecule has 86 valence electrons. The minimum absolute atomic E-state index is 0.0146. The number of hydrogen-bond acceptors (Lipinski definition) is 3. The summed E-state index contributed by atoms with van der Waals surface area (Å²) in [6, 6.07) is 4.86. The molecule has 5 heteroatoms. The number of nitro benzene ring substituents is 1. The number of benzene rings is 1. The zero-order chi connectivity index (χ0) is 12.0. The molecule has 4 nitrogen and oxygen atoms in total. The summed E-state index contributed by atoms with van der Waals surface area (Å²) in [6.45, 7) is 2.07. The number of halogens is 1. The molecule has 0 bridgehead atoms. The fourth-order valence-corrected chi connectivity index (χ4v) is 1.29. The third-order valence-corrected chi connectivity index (χ3v) is 2.08. The molecule has 0 aromatic heterocycles. The maximum Gasteiger partial charge on any atom is 0.311 e. The average molecular weight is 242 g/mol. The van der Waals surface area contributed by atoms with Gasteiger partial charge in [-0.15, -0.1) is 11.6 Å². The van der Waals surface area contributed by atoms with Crippen LogP contribution in [0.5, 0.6) is 5.75 Å². The van der Waals surface area contributed by atoms with Gasteiger partial charge in [-0.1, -0.05) is 18.2 Å². The first-order chi connectivity index (χ1) is 7.65. The van der Waals surface area contributed by atoms with E-state index < -0.39 is 4.92 Å². The lowest BCUT2D eigenvalue weighted by Gasteiger charge is -2.04. The average Bonchev–Trinajstić information content (AvgIpc) is 2.26. The van der Waals surface area contributed by atoms with Crippen LogP contribution in [0.4, 0.5) is 5.69 Å². The Morgan fingerprint density at radius 3 is 2.88 bits per heavy atom. The van der Waals surface area contributed by atoms with Gasteiger partial charge in [-0.05, 0) is 18.6 Å². The van der Waals surface area contributed by atoms with Gasteiger partial charge in [-0.3, -0.25) is 10.1 Å². The number of ether oxygens (including phenoxy) is 1. The van der Waals surface area contributed by atoms with E-state index in [0.717, 1.165) is 5.56 Å². The normalized spacial score (nSPS) is 10.6. The minimum Gasteiger partial charge on any atom is -0.483 e. The van der Waals surface area contributed by atoms with Crippen molar-refractivity contribution < 1.29 is 9.66 Å². The van der Waals surface area contributed by atoms with E-state index >= 15 is 0 Å². The number of alkyl halides is 1. The van der Waals surface area contributed by atoms with E-state index in [-0.39, 0.29) is 18.0 Å². The Hall–Kier alpha value is -1.55. The van der Waals surface area contributed by atoms with Gasteiger partial charge in [0.25, 0.3) is 0 Å². The maximum absolute atomic E-state index is 10.7. The van der Waals surface area contributed by atoms with E-state index in [9.17, 15) is 10.1 Å².